The molecule has 3 aromatic rings. The summed E-state index contributed by atoms with van der Waals surface area (Å²) < 4.78 is 1.80. The van der Waals surface area contributed by atoms with E-state index in [0.29, 0.717) is 32.8 Å². The number of nitrogens with one attached hydrogen (secondary N) is 1. The van der Waals surface area contributed by atoms with Crippen LogP contribution in [0.15, 0.2) is 59.4 Å². The number of nitrogens with zero attached hydrogens (tertiary/aromatic N) is 1. The summed E-state index contributed by atoms with van der Waals surface area (Å²) in [5.41, 5.74) is 2.05. The molecule has 27 heavy (non-hydrogen) atoms. The van der Waals surface area contributed by atoms with Crippen LogP contribution >= 0.6 is 35.6 Å². The highest BCUT2D eigenvalue weighted by molar-refractivity contribution is 6.34. The van der Waals surface area contributed by atoms with Crippen molar-refractivity contribution in [1.29, 1.82) is 0 Å². The Hall–Kier alpha value is -2.27. The predicted octanol–water partition coefficient (Wildman–Crippen LogP) is 5.44. The summed E-state index contributed by atoms with van der Waals surface area (Å²) in [6.45, 7) is 3.52. The van der Waals surface area contributed by atoms with Crippen molar-refractivity contribution < 1.29 is 4.79 Å². The van der Waals surface area contributed by atoms with Gasteiger partial charge in [0.25, 0.3) is 5.91 Å². The number of amides is 1. The largest absolute Gasteiger partial charge is 0.320 e. The van der Waals surface area contributed by atoms with Crippen LogP contribution in [-0.2, 0) is 0 Å². The number of rotatable bonds is 3. The van der Waals surface area contributed by atoms with E-state index in [1.54, 1.807) is 48.7 Å². The SMILES string of the molecule is Cc1cc(=O)c(C(=O)Nc2ccccc2Cl)c(C)n1-c1ccccc1Cl.Cl. The Morgan fingerprint density at radius 1 is 0.963 bits per heavy atom. The molecular formula is C20H17Cl3N2O2. The Morgan fingerprint density at radius 3 is 2.19 bits per heavy atom. The minimum Gasteiger partial charge on any atom is -0.320 e. The molecule has 1 N–H and O–H groups in total. The smallest absolute Gasteiger partial charge is 0.261 e. The van der Waals surface area contributed by atoms with Crippen molar-refractivity contribution in [3.8, 4) is 5.69 Å². The second kappa shape index (κ2) is 8.61. The zero-order valence-corrected chi connectivity index (χ0v) is 17.0. The van der Waals surface area contributed by atoms with Gasteiger partial charge in [0.05, 0.1) is 21.4 Å². The third-order valence-electron chi connectivity index (χ3n) is 4.08. The first-order valence-electron chi connectivity index (χ1n) is 7.94. The number of carbonyl (C=O) groups excluding carboxylic acids is 1. The average Bonchev–Trinajstić information content (AvgIpc) is 2.58. The van der Waals surface area contributed by atoms with Crippen LogP contribution in [0.3, 0.4) is 0 Å². The standard InChI is InChI=1S/C20H16Cl2N2O2.ClH/c1-12-11-18(25)19(20(26)23-16-9-5-3-7-14(16)21)13(2)24(12)17-10-6-4-8-15(17)22;/h3-11H,1-2H3,(H,23,26);1H. The van der Waals surface area contributed by atoms with Gasteiger partial charge in [0.15, 0.2) is 5.43 Å². The molecule has 3 rings (SSSR count). The number of para-hydroxylation sites is 2. The van der Waals surface area contributed by atoms with Crippen molar-refractivity contribution in [2.75, 3.05) is 5.32 Å². The van der Waals surface area contributed by atoms with Gasteiger partial charge in [0.1, 0.15) is 5.56 Å². The molecule has 0 aliphatic rings. The fourth-order valence-electron chi connectivity index (χ4n) is 2.91. The zero-order valence-electron chi connectivity index (χ0n) is 14.6. The molecule has 0 unspecified atom stereocenters. The van der Waals surface area contributed by atoms with Gasteiger partial charge in [-0.2, -0.15) is 0 Å². The molecule has 4 nitrogen and oxygen atoms in total. The van der Waals surface area contributed by atoms with Crippen molar-refractivity contribution in [2.24, 2.45) is 0 Å². The lowest BCUT2D eigenvalue weighted by Crippen LogP contribution is -2.26. The number of aromatic nitrogens is 1. The predicted molar refractivity (Wildman–Crippen MR) is 113 cm³/mol. The van der Waals surface area contributed by atoms with Gasteiger partial charge in [-0.25, -0.2) is 0 Å². The van der Waals surface area contributed by atoms with E-state index in [2.05, 4.69) is 5.32 Å². The summed E-state index contributed by atoms with van der Waals surface area (Å²) in [4.78, 5) is 25.3. The molecule has 0 saturated heterocycles. The summed E-state index contributed by atoms with van der Waals surface area (Å²) in [6.07, 6.45) is 0. The second-order valence-corrected chi connectivity index (χ2v) is 6.65. The molecule has 7 heteroatoms. The first-order valence-corrected chi connectivity index (χ1v) is 8.70. The molecule has 0 aliphatic carbocycles. The van der Waals surface area contributed by atoms with E-state index in [1.165, 1.54) is 6.07 Å². The lowest BCUT2D eigenvalue weighted by molar-refractivity contribution is 0.102. The van der Waals surface area contributed by atoms with Crippen LogP contribution in [0.4, 0.5) is 5.69 Å². The summed E-state index contributed by atoms with van der Waals surface area (Å²) in [5.74, 6) is -0.513. The first-order chi connectivity index (χ1) is 12.4. The van der Waals surface area contributed by atoms with Crippen molar-refractivity contribution >= 4 is 47.2 Å². The van der Waals surface area contributed by atoms with E-state index in [9.17, 15) is 9.59 Å². The molecule has 1 aromatic heterocycles. The number of carbonyl (C=O) groups is 1. The minimum absolute atomic E-state index is 0. The van der Waals surface area contributed by atoms with E-state index < -0.39 is 5.91 Å². The van der Waals surface area contributed by atoms with Gasteiger partial charge in [0.2, 0.25) is 0 Å². The highest BCUT2D eigenvalue weighted by atomic mass is 35.5. The highest BCUT2D eigenvalue weighted by Crippen LogP contribution is 2.25. The van der Waals surface area contributed by atoms with E-state index in [4.69, 9.17) is 23.2 Å². The van der Waals surface area contributed by atoms with Gasteiger partial charge in [0, 0.05) is 17.5 Å². The van der Waals surface area contributed by atoms with Crippen molar-refractivity contribution in [3.63, 3.8) is 0 Å². The Labute approximate surface area is 173 Å². The number of benzene rings is 2. The van der Waals surface area contributed by atoms with Crippen molar-refractivity contribution in [2.45, 2.75) is 13.8 Å². The average molecular weight is 424 g/mol. The van der Waals surface area contributed by atoms with E-state index >= 15 is 0 Å². The molecule has 0 aliphatic heterocycles. The third-order valence-corrected chi connectivity index (χ3v) is 4.73. The maximum atomic E-state index is 12.8. The Kier molecular flexibility index (Phi) is 6.71. The normalized spacial score (nSPS) is 10.2. The third kappa shape index (κ3) is 4.19. The summed E-state index contributed by atoms with van der Waals surface area (Å²) in [5, 5.41) is 3.63. The van der Waals surface area contributed by atoms with Crippen LogP contribution in [0.2, 0.25) is 10.0 Å². The van der Waals surface area contributed by atoms with E-state index in [1.807, 2.05) is 18.2 Å². The first kappa shape index (κ1) is 21.0. The fraction of sp³-hybridized carbons (Fsp3) is 0.100. The van der Waals surface area contributed by atoms with Crippen LogP contribution in [0.5, 0.6) is 0 Å². The molecule has 0 bridgehead atoms. The zero-order chi connectivity index (χ0) is 18.8. The molecule has 1 heterocycles. The number of hydrogen-bond acceptors (Lipinski definition) is 2. The second-order valence-electron chi connectivity index (χ2n) is 5.83. The van der Waals surface area contributed by atoms with Crippen molar-refractivity contribution in [3.05, 3.63) is 91.8 Å². The Bertz CT molecular complexity index is 1060. The monoisotopic (exact) mass is 422 g/mol. The maximum Gasteiger partial charge on any atom is 0.261 e. The van der Waals surface area contributed by atoms with Gasteiger partial charge < -0.3 is 9.88 Å². The molecule has 2 aromatic carbocycles. The fourth-order valence-corrected chi connectivity index (χ4v) is 3.31. The van der Waals surface area contributed by atoms with Gasteiger partial charge >= 0.3 is 0 Å². The molecule has 0 spiro atoms. The van der Waals surface area contributed by atoms with Gasteiger partial charge in [-0.3, -0.25) is 9.59 Å². The topological polar surface area (TPSA) is 51.1 Å². The van der Waals surface area contributed by atoms with E-state index in [0.717, 1.165) is 0 Å². The number of hydrogen-bond donors (Lipinski definition) is 1. The minimum atomic E-state index is -0.513. The molecule has 140 valence electrons. The van der Waals surface area contributed by atoms with Gasteiger partial charge in [-0.15, -0.1) is 12.4 Å². The molecule has 0 saturated carbocycles. The Balaban J connectivity index is 0.00000261. The number of halogens is 3. The lowest BCUT2D eigenvalue weighted by atomic mass is 10.1. The molecule has 0 radical (unpaired) electrons. The van der Waals surface area contributed by atoms with Crippen LogP contribution in [0.25, 0.3) is 5.69 Å². The number of aryl methyl sites for hydroxylation is 1. The quantitative estimate of drug-likeness (QED) is 0.610. The molecule has 0 atom stereocenters. The van der Waals surface area contributed by atoms with Crippen molar-refractivity contribution in [1.82, 2.24) is 4.57 Å². The lowest BCUT2D eigenvalue weighted by Gasteiger charge is -2.18. The number of anilines is 1. The van der Waals surface area contributed by atoms with Crippen LogP contribution in [0.1, 0.15) is 21.7 Å². The van der Waals surface area contributed by atoms with Gasteiger partial charge in [-0.05, 0) is 38.1 Å². The van der Waals surface area contributed by atoms with Crippen LogP contribution in [-0.4, -0.2) is 10.5 Å². The summed E-state index contributed by atoms with van der Waals surface area (Å²) in [7, 11) is 0. The van der Waals surface area contributed by atoms with Gasteiger partial charge in [-0.1, -0.05) is 47.5 Å². The summed E-state index contributed by atoms with van der Waals surface area (Å²) in [6, 6.07) is 15.6. The van der Waals surface area contributed by atoms with Crippen LogP contribution in [0, 0.1) is 13.8 Å². The van der Waals surface area contributed by atoms with E-state index in [-0.39, 0.29) is 23.4 Å². The maximum absolute atomic E-state index is 12.8. The summed E-state index contributed by atoms with van der Waals surface area (Å²) >= 11 is 12.4. The van der Waals surface area contributed by atoms with Crippen LogP contribution < -0.4 is 10.7 Å². The Morgan fingerprint density at radius 2 is 1.56 bits per heavy atom. The molecular weight excluding hydrogens is 407 g/mol. The molecule has 0 fully saturated rings. The highest BCUT2D eigenvalue weighted by Gasteiger charge is 2.19. The number of pyridine rings is 1. The molecule has 1 amide bonds.